The highest BCUT2D eigenvalue weighted by Gasteiger charge is 2.32. The van der Waals surface area contributed by atoms with Crippen molar-refractivity contribution in [3.63, 3.8) is 0 Å². The van der Waals surface area contributed by atoms with Gasteiger partial charge in [-0.15, -0.1) is 10.2 Å². The maximum atomic E-state index is 13.1. The largest absolute Gasteiger partial charge is 0.481 e. The van der Waals surface area contributed by atoms with Gasteiger partial charge in [0.25, 0.3) is 0 Å². The monoisotopic (exact) mass is 424 g/mol. The van der Waals surface area contributed by atoms with Crippen molar-refractivity contribution in [2.75, 3.05) is 13.1 Å². The van der Waals surface area contributed by atoms with Crippen molar-refractivity contribution in [3.05, 3.63) is 47.8 Å². The van der Waals surface area contributed by atoms with Crippen LogP contribution in [0.4, 0.5) is 0 Å². The van der Waals surface area contributed by atoms with Gasteiger partial charge in [-0.3, -0.25) is 14.6 Å². The van der Waals surface area contributed by atoms with E-state index >= 15 is 0 Å². The Morgan fingerprint density at radius 1 is 1.23 bits per heavy atom. The number of nitrogens with one attached hydrogen (secondary N) is 2. The molecule has 2 aliphatic heterocycles. The first kappa shape index (κ1) is 21.2. The molecular weight excluding hydrogens is 396 g/mol. The lowest BCUT2D eigenvalue weighted by molar-refractivity contribution is -0.137. The Morgan fingerprint density at radius 3 is 2.74 bits per heavy atom. The highest BCUT2D eigenvalue weighted by molar-refractivity contribution is 5.84. The normalized spacial score (nSPS) is 20.3. The van der Waals surface area contributed by atoms with E-state index in [-0.39, 0.29) is 12.3 Å². The van der Waals surface area contributed by atoms with Crippen LogP contribution in [0, 0.1) is 5.92 Å². The number of carboxylic acid groups (broad SMARTS) is 1. The minimum Gasteiger partial charge on any atom is -0.481 e. The van der Waals surface area contributed by atoms with E-state index in [1.165, 1.54) is 0 Å². The predicted molar refractivity (Wildman–Crippen MR) is 114 cm³/mol. The van der Waals surface area contributed by atoms with Crippen LogP contribution in [-0.4, -0.2) is 49.8 Å². The molecule has 0 spiro atoms. The van der Waals surface area contributed by atoms with Gasteiger partial charge in [0.2, 0.25) is 5.91 Å². The maximum Gasteiger partial charge on any atom is 0.305 e. The number of nitrogens with zero attached hydrogens (tertiary/aromatic N) is 4. The molecule has 164 valence electrons. The number of aliphatic carboxylic acids is 1. The summed E-state index contributed by atoms with van der Waals surface area (Å²) < 4.78 is 2.02. The fourth-order valence-corrected chi connectivity index (χ4v) is 4.32. The molecule has 9 heteroatoms. The number of fused-ring (bicyclic) bond motifs is 1. The van der Waals surface area contributed by atoms with Gasteiger partial charge in [-0.05, 0) is 68.5 Å². The number of hydrogen-bond donors (Lipinski definition) is 3. The minimum atomic E-state index is -0.973. The molecule has 0 aliphatic carbocycles. The molecule has 0 aromatic carbocycles. The molecule has 3 N–H and O–H groups in total. The van der Waals surface area contributed by atoms with Gasteiger partial charge in [-0.25, -0.2) is 0 Å². The molecule has 31 heavy (non-hydrogen) atoms. The van der Waals surface area contributed by atoms with Gasteiger partial charge in [0.05, 0.1) is 18.4 Å². The first-order valence-corrected chi connectivity index (χ1v) is 10.9. The fraction of sp³-hybridized carbons (Fsp3) is 0.500. The number of hydrogen-bond acceptors (Lipinski definition) is 6. The Morgan fingerprint density at radius 2 is 2.00 bits per heavy atom. The standard InChI is InChI=1S/C22H28N6O3/c29-20(30)14-18(16-7-11-24-12-8-16)25-22(31)17-2-1-13-28-19(26-27-21(17)28)4-3-15-5-9-23-10-6-15/h3-4,7-8,11-12,15,17-18,23H,1-2,5-6,9-10,13-14H2,(H,25,31)(H,29,30). The van der Waals surface area contributed by atoms with Crippen molar-refractivity contribution in [3.8, 4) is 0 Å². The number of amides is 1. The van der Waals surface area contributed by atoms with Crippen LogP contribution in [0.3, 0.4) is 0 Å². The number of rotatable bonds is 7. The van der Waals surface area contributed by atoms with Crippen LogP contribution in [0.2, 0.25) is 0 Å². The Labute approximate surface area is 181 Å². The second-order valence-electron chi connectivity index (χ2n) is 8.15. The van der Waals surface area contributed by atoms with E-state index in [9.17, 15) is 14.7 Å². The van der Waals surface area contributed by atoms with Gasteiger partial charge in [0.1, 0.15) is 5.82 Å². The zero-order valence-electron chi connectivity index (χ0n) is 17.4. The average molecular weight is 425 g/mol. The van der Waals surface area contributed by atoms with Gasteiger partial charge < -0.3 is 20.3 Å². The first-order valence-electron chi connectivity index (χ1n) is 10.9. The highest BCUT2D eigenvalue weighted by atomic mass is 16.4. The van der Waals surface area contributed by atoms with Crippen LogP contribution in [0.5, 0.6) is 0 Å². The number of allylic oxidation sites excluding steroid dienone is 1. The van der Waals surface area contributed by atoms with E-state index in [2.05, 4.69) is 31.9 Å². The van der Waals surface area contributed by atoms with Crippen LogP contribution in [0.15, 0.2) is 30.6 Å². The number of piperidine rings is 1. The quantitative estimate of drug-likeness (QED) is 0.620. The highest BCUT2D eigenvalue weighted by Crippen LogP contribution is 2.29. The molecule has 0 bridgehead atoms. The Balaban J connectivity index is 1.49. The Bertz CT molecular complexity index is 936. The molecule has 9 nitrogen and oxygen atoms in total. The van der Waals surface area contributed by atoms with E-state index < -0.39 is 17.9 Å². The number of carbonyl (C=O) groups is 2. The number of pyridine rings is 1. The van der Waals surface area contributed by atoms with Crippen LogP contribution in [0.1, 0.15) is 61.3 Å². The van der Waals surface area contributed by atoms with E-state index in [1.807, 2.05) is 10.6 Å². The molecular formula is C22H28N6O3. The van der Waals surface area contributed by atoms with Crippen LogP contribution in [-0.2, 0) is 16.1 Å². The third-order valence-electron chi connectivity index (χ3n) is 6.02. The van der Waals surface area contributed by atoms with Gasteiger partial charge in [-0.2, -0.15) is 0 Å². The smallest absolute Gasteiger partial charge is 0.305 e. The van der Waals surface area contributed by atoms with Crippen LogP contribution in [0.25, 0.3) is 6.08 Å². The van der Waals surface area contributed by atoms with Crippen molar-refractivity contribution < 1.29 is 14.7 Å². The number of carbonyl (C=O) groups excluding carboxylic acids is 1. The molecule has 1 saturated heterocycles. The summed E-state index contributed by atoms with van der Waals surface area (Å²) in [5, 5.41) is 24.2. The van der Waals surface area contributed by atoms with E-state index in [0.29, 0.717) is 23.7 Å². The van der Waals surface area contributed by atoms with Crippen molar-refractivity contribution in [2.24, 2.45) is 5.92 Å². The molecule has 2 unspecified atom stereocenters. The first-order chi connectivity index (χ1) is 15.1. The molecule has 1 fully saturated rings. The number of aromatic nitrogens is 4. The second kappa shape index (κ2) is 9.82. The lowest BCUT2D eigenvalue weighted by Crippen LogP contribution is -2.36. The molecule has 4 rings (SSSR count). The summed E-state index contributed by atoms with van der Waals surface area (Å²) in [5.74, 6) is 0.332. The van der Waals surface area contributed by atoms with E-state index in [0.717, 1.165) is 44.7 Å². The lowest BCUT2D eigenvalue weighted by atomic mass is 9.96. The second-order valence-corrected chi connectivity index (χ2v) is 8.15. The zero-order chi connectivity index (χ0) is 21.6. The number of carboxylic acids is 1. The Hall–Kier alpha value is -3.07. The molecule has 2 aromatic heterocycles. The third-order valence-corrected chi connectivity index (χ3v) is 6.02. The van der Waals surface area contributed by atoms with Crippen LogP contribution < -0.4 is 10.6 Å². The summed E-state index contributed by atoms with van der Waals surface area (Å²) in [6, 6.07) is 2.83. The fourth-order valence-electron chi connectivity index (χ4n) is 4.32. The van der Waals surface area contributed by atoms with Gasteiger partial charge in [0.15, 0.2) is 5.82 Å². The van der Waals surface area contributed by atoms with Gasteiger partial charge in [0, 0.05) is 18.9 Å². The predicted octanol–water partition coefficient (Wildman–Crippen LogP) is 1.90. The SMILES string of the molecule is O=C(O)CC(NC(=O)C1CCCn2c(C=CC3CCNCC3)nnc21)c1ccncc1. The maximum absolute atomic E-state index is 13.1. The molecule has 2 aliphatic rings. The molecule has 2 aromatic rings. The summed E-state index contributed by atoms with van der Waals surface area (Å²) in [5.41, 5.74) is 0.716. The average Bonchev–Trinajstić information content (AvgIpc) is 3.21. The topological polar surface area (TPSA) is 122 Å². The zero-order valence-corrected chi connectivity index (χ0v) is 17.4. The van der Waals surface area contributed by atoms with Crippen LogP contribution >= 0.6 is 0 Å². The lowest BCUT2D eigenvalue weighted by Gasteiger charge is -2.25. The summed E-state index contributed by atoms with van der Waals surface area (Å²) in [7, 11) is 0. The minimum absolute atomic E-state index is 0.195. The molecule has 0 radical (unpaired) electrons. The van der Waals surface area contributed by atoms with Crippen molar-refractivity contribution in [1.29, 1.82) is 0 Å². The summed E-state index contributed by atoms with van der Waals surface area (Å²) in [6.07, 6.45) is 11.0. The van der Waals surface area contributed by atoms with Gasteiger partial charge >= 0.3 is 5.97 Å². The van der Waals surface area contributed by atoms with Gasteiger partial charge in [-0.1, -0.05) is 6.08 Å². The molecule has 1 amide bonds. The van der Waals surface area contributed by atoms with Crippen molar-refractivity contribution in [2.45, 2.75) is 50.6 Å². The molecule has 0 saturated carbocycles. The van der Waals surface area contributed by atoms with Crippen molar-refractivity contribution >= 4 is 18.0 Å². The van der Waals surface area contributed by atoms with E-state index in [4.69, 9.17) is 0 Å². The molecule has 4 heterocycles. The van der Waals surface area contributed by atoms with Crippen molar-refractivity contribution in [1.82, 2.24) is 30.4 Å². The summed E-state index contributed by atoms with van der Waals surface area (Å²) in [6.45, 7) is 2.84. The van der Waals surface area contributed by atoms with E-state index in [1.54, 1.807) is 24.5 Å². The third kappa shape index (κ3) is 5.16. The summed E-state index contributed by atoms with van der Waals surface area (Å²) in [4.78, 5) is 28.4. The molecule has 2 atom stereocenters. The summed E-state index contributed by atoms with van der Waals surface area (Å²) >= 11 is 0. The Kier molecular flexibility index (Phi) is 6.71.